The van der Waals surface area contributed by atoms with E-state index in [1.807, 2.05) is 18.2 Å². The lowest BCUT2D eigenvalue weighted by molar-refractivity contribution is 0.0408. The smallest absolute Gasteiger partial charge is 0.193 e. The summed E-state index contributed by atoms with van der Waals surface area (Å²) in [6.07, 6.45) is 10.4. The van der Waals surface area contributed by atoms with Crippen LogP contribution < -0.4 is 20.5 Å². The molecule has 0 aromatic heterocycles. The van der Waals surface area contributed by atoms with Crippen molar-refractivity contribution >= 4 is 11.6 Å². The Bertz CT molecular complexity index is 635. The molecule has 2 aliphatic rings. The van der Waals surface area contributed by atoms with Crippen molar-refractivity contribution in [3.63, 3.8) is 0 Å². The Morgan fingerprint density at radius 2 is 1.78 bits per heavy atom. The van der Waals surface area contributed by atoms with Crippen LogP contribution in [-0.2, 0) is 0 Å². The quantitative estimate of drug-likeness (QED) is 0.588. The normalized spacial score (nSPS) is 20.9. The Hall–Kier alpha value is -1.95. The van der Waals surface area contributed by atoms with Gasteiger partial charge in [0.15, 0.2) is 5.96 Å². The summed E-state index contributed by atoms with van der Waals surface area (Å²) in [4.78, 5) is 7.46. The van der Waals surface area contributed by atoms with Gasteiger partial charge in [0.05, 0.1) is 26.5 Å². The second-order valence-corrected chi connectivity index (χ2v) is 7.73. The molecule has 1 saturated carbocycles. The molecule has 3 rings (SSSR count). The number of ether oxygens (including phenoxy) is 2. The van der Waals surface area contributed by atoms with E-state index in [-0.39, 0.29) is 5.54 Å². The monoisotopic (exact) mass is 374 g/mol. The van der Waals surface area contributed by atoms with Gasteiger partial charge in [-0.1, -0.05) is 25.7 Å². The maximum absolute atomic E-state index is 6.25. The van der Waals surface area contributed by atoms with Gasteiger partial charge in [-0.2, -0.15) is 0 Å². The van der Waals surface area contributed by atoms with Crippen molar-refractivity contribution in [2.24, 2.45) is 10.7 Å². The van der Waals surface area contributed by atoms with E-state index >= 15 is 0 Å². The van der Waals surface area contributed by atoms with E-state index in [0.717, 1.165) is 23.7 Å². The Labute approximate surface area is 163 Å². The van der Waals surface area contributed by atoms with Crippen molar-refractivity contribution in [3.05, 3.63) is 18.2 Å². The van der Waals surface area contributed by atoms with Crippen LogP contribution in [0.15, 0.2) is 23.2 Å². The fraction of sp³-hybridized carbons (Fsp3) is 0.667. The SMILES string of the molecule is COc1ccc(OC)c(NC(N)=NCC2(N3CCCCC3)CCCCC2)c1. The molecule has 150 valence electrons. The van der Waals surface area contributed by atoms with E-state index < -0.39 is 0 Å². The fourth-order valence-corrected chi connectivity index (χ4v) is 4.47. The fourth-order valence-electron chi connectivity index (χ4n) is 4.47. The highest BCUT2D eigenvalue weighted by molar-refractivity contribution is 5.94. The molecule has 0 radical (unpaired) electrons. The molecule has 1 aliphatic heterocycles. The number of methoxy groups -OCH3 is 2. The maximum atomic E-state index is 6.25. The van der Waals surface area contributed by atoms with Crippen molar-refractivity contribution < 1.29 is 9.47 Å². The van der Waals surface area contributed by atoms with Crippen LogP contribution in [0.1, 0.15) is 51.4 Å². The zero-order valence-corrected chi connectivity index (χ0v) is 16.8. The van der Waals surface area contributed by atoms with Gasteiger partial charge in [-0.05, 0) is 50.9 Å². The predicted octanol–water partition coefficient (Wildman–Crippen LogP) is 3.62. The summed E-state index contributed by atoms with van der Waals surface area (Å²) in [6.45, 7) is 3.16. The molecular weight excluding hydrogens is 340 g/mol. The Balaban J connectivity index is 1.72. The van der Waals surface area contributed by atoms with Crippen LogP contribution in [0, 0.1) is 0 Å². The van der Waals surface area contributed by atoms with Gasteiger partial charge in [0.2, 0.25) is 0 Å². The van der Waals surface area contributed by atoms with Gasteiger partial charge in [0.25, 0.3) is 0 Å². The molecule has 1 saturated heterocycles. The van der Waals surface area contributed by atoms with Crippen LogP contribution >= 0.6 is 0 Å². The number of piperidine rings is 1. The summed E-state index contributed by atoms with van der Waals surface area (Å²) in [5.74, 6) is 1.91. The summed E-state index contributed by atoms with van der Waals surface area (Å²) < 4.78 is 10.7. The first kappa shape index (κ1) is 19.8. The summed E-state index contributed by atoms with van der Waals surface area (Å²) >= 11 is 0. The van der Waals surface area contributed by atoms with Crippen molar-refractivity contribution in [2.75, 3.05) is 39.2 Å². The highest BCUT2D eigenvalue weighted by Crippen LogP contribution is 2.36. The number of hydrogen-bond acceptors (Lipinski definition) is 4. The van der Waals surface area contributed by atoms with Gasteiger partial charge >= 0.3 is 0 Å². The maximum Gasteiger partial charge on any atom is 0.193 e. The number of hydrogen-bond donors (Lipinski definition) is 2. The van der Waals surface area contributed by atoms with Gasteiger partial charge in [0.1, 0.15) is 11.5 Å². The number of rotatable bonds is 6. The average Bonchev–Trinajstić information content (AvgIpc) is 2.73. The molecule has 6 nitrogen and oxygen atoms in total. The first-order chi connectivity index (χ1) is 13.2. The number of nitrogens with one attached hydrogen (secondary N) is 1. The Morgan fingerprint density at radius 1 is 1.07 bits per heavy atom. The lowest BCUT2D eigenvalue weighted by atomic mass is 9.79. The van der Waals surface area contributed by atoms with Crippen LogP contribution in [0.25, 0.3) is 0 Å². The second-order valence-electron chi connectivity index (χ2n) is 7.73. The molecule has 2 fully saturated rings. The topological polar surface area (TPSA) is 72.1 Å². The van der Waals surface area contributed by atoms with Crippen LogP contribution in [-0.4, -0.2) is 50.3 Å². The molecule has 3 N–H and O–H groups in total. The molecule has 0 bridgehead atoms. The van der Waals surface area contributed by atoms with Gasteiger partial charge in [-0.3, -0.25) is 9.89 Å². The zero-order valence-electron chi connectivity index (χ0n) is 16.8. The molecule has 0 amide bonds. The molecule has 1 aliphatic carbocycles. The molecule has 6 heteroatoms. The van der Waals surface area contributed by atoms with E-state index in [0.29, 0.717) is 5.96 Å². The standard InChI is InChI=1S/C21H34N4O2/c1-26-17-9-10-19(27-2)18(15-17)24-20(22)23-16-21(11-5-3-6-12-21)25-13-7-4-8-14-25/h9-10,15H,3-8,11-14,16H2,1-2H3,(H3,22,23,24). The molecule has 1 aromatic carbocycles. The third kappa shape index (κ3) is 4.86. The summed E-state index contributed by atoms with van der Waals surface area (Å²) in [7, 11) is 3.29. The third-order valence-electron chi connectivity index (χ3n) is 6.02. The van der Waals surface area contributed by atoms with Crippen molar-refractivity contribution in [2.45, 2.75) is 56.9 Å². The van der Waals surface area contributed by atoms with E-state index in [4.69, 9.17) is 20.2 Å². The van der Waals surface area contributed by atoms with E-state index in [1.165, 1.54) is 64.5 Å². The summed E-state index contributed by atoms with van der Waals surface area (Å²) in [5.41, 5.74) is 7.21. The number of nitrogens with zero attached hydrogens (tertiary/aromatic N) is 2. The first-order valence-electron chi connectivity index (χ1n) is 10.2. The lowest BCUT2D eigenvalue weighted by Gasteiger charge is -2.47. The highest BCUT2D eigenvalue weighted by atomic mass is 16.5. The lowest BCUT2D eigenvalue weighted by Crippen LogP contribution is -2.54. The largest absolute Gasteiger partial charge is 0.497 e. The summed E-state index contributed by atoms with van der Waals surface area (Å²) in [5, 5.41) is 3.20. The number of guanidine groups is 1. The van der Waals surface area contributed by atoms with E-state index in [9.17, 15) is 0 Å². The molecular formula is C21H34N4O2. The molecule has 0 atom stereocenters. The number of anilines is 1. The van der Waals surface area contributed by atoms with Crippen LogP contribution in [0.2, 0.25) is 0 Å². The van der Waals surface area contributed by atoms with Crippen LogP contribution in [0.5, 0.6) is 11.5 Å². The van der Waals surface area contributed by atoms with E-state index in [1.54, 1.807) is 14.2 Å². The second kappa shape index (κ2) is 9.31. The van der Waals surface area contributed by atoms with Crippen molar-refractivity contribution in [3.8, 4) is 11.5 Å². The number of nitrogens with two attached hydrogens (primary N) is 1. The number of likely N-dealkylation sites (tertiary alicyclic amines) is 1. The summed E-state index contributed by atoms with van der Waals surface area (Å²) in [6, 6.07) is 5.61. The minimum absolute atomic E-state index is 0.184. The molecule has 1 aromatic rings. The first-order valence-corrected chi connectivity index (χ1v) is 10.2. The molecule has 0 spiro atoms. The van der Waals surface area contributed by atoms with Gasteiger partial charge < -0.3 is 20.5 Å². The molecule has 1 heterocycles. The third-order valence-corrected chi connectivity index (χ3v) is 6.02. The molecule has 0 unspecified atom stereocenters. The average molecular weight is 375 g/mol. The molecule has 27 heavy (non-hydrogen) atoms. The van der Waals surface area contributed by atoms with Gasteiger partial charge in [0, 0.05) is 11.6 Å². The Morgan fingerprint density at radius 3 is 2.44 bits per heavy atom. The van der Waals surface area contributed by atoms with Crippen LogP contribution in [0.4, 0.5) is 5.69 Å². The number of benzene rings is 1. The number of aliphatic imine (C=N–C) groups is 1. The zero-order chi connectivity index (χ0) is 19.1. The van der Waals surface area contributed by atoms with E-state index in [2.05, 4.69) is 10.2 Å². The Kier molecular flexibility index (Phi) is 6.83. The minimum atomic E-state index is 0.184. The predicted molar refractivity (Wildman–Crippen MR) is 111 cm³/mol. The highest BCUT2D eigenvalue weighted by Gasteiger charge is 2.38. The van der Waals surface area contributed by atoms with Gasteiger partial charge in [-0.25, -0.2) is 0 Å². The minimum Gasteiger partial charge on any atom is -0.497 e. The van der Waals surface area contributed by atoms with Crippen molar-refractivity contribution in [1.82, 2.24) is 4.90 Å². The van der Waals surface area contributed by atoms with Gasteiger partial charge in [-0.15, -0.1) is 0 Å². The van der Waals surface area contributed by atoms with Crippen molar-refractivity contribution in [1.29, 1.82) is 0 Å². The van der Waals surface area contributed by atoms with Crippen LogP contribution in [0.3, 0.4) is 0 Å².